The van der Waals surface area contributed by atoms with Crippen LogP contribution in [0.1, 0.15) is 54.8 Å². The van der Waals surface area contributed by atoms with Gasteiger partial charge in [-0.2, -0.15) is 0 Å². The van der Waals surface area contributed by atoms with Crippen molar-refractivity contribution in [2.75, 3.05) is 18.1 Å². The number of likely N-dealkylation sites (N-methyl/N-ethyl adjacent to an activating group) is 1. The van der Waals surface area contributed by atoms with Crippen molar-refractivity contribution in [3.05, 3.63) is 35.4 Å². The second-order valence-electron chi connectivity index (χ2n) is 8.47. The Kier molecular flexibility index (Phi) is 6.73. The van der Waals surface area contributed by atoms with E-state index >= 15 is 0 Å². The van der Waals surface area contributed by atoms with Crippen molar-refractivity contribution in [3.63, 3.8) is 0 Å². The standard InChI is InChI=1S/C22H28N2O7S/c1-5-23(15-10-11-32(29,30)12-15)19(25)14(4)31-22(28)18(13(2)3)24-20(26)16-8-6-7-9-17(16)21(24)27/h6-9,13-15,18H,5,10-12H2,1-4H3/t14-,15-,18+/m0/s1. The summed E-state index contributed by atoms with van der Waals surface area (Å²) in [6.45, 7) is 6.78. The molecule has 32 heavy (non-hydrogen) atoms. The molecule has 10 heteroatoms. The Labute approximate surface area is 187 Å². The molecule has 174 valence electrons. The molecular weight excluding hydrogens is 436 g/mol. The summed E-state index contributed by atoms with van der Waals surface area (Å²) in [6, 6.07) is 4.67. The molecule has 1 aromatic rings. The molecule has 0 bridgehead atoms. The Hall–Kier alpha value is -2.75. The number of esters is 1. The van der Waals surface area contributed by atoms with E-state index in [4.69, 9.17) is 4.74 Å². The summed E-state index contributed by atoms with van der Waals surface area (Å²) in [5, 5.41) is 0. The van der Waals surface area contributed by atoms with Gasteiger partial charge in [0.2, 0.25) is 0 Å². The second-order valence-corrected chi connectivity index (χ2v) is 10.7. The summed E-state index contributed by atoms with van der Waals surface area (Å²) in [4.78, 5) is 53.9. The molecule has 2 aliphatic heterocycles. The van der Waals surface area contributed by atoms with Crippen molar-refractivity contribution in [2.24, 2.45) is 5.92 Å². The zero-order valence-electron chi connectivity index (χ0n) is 18.6. The number of benzene rings is 1. The van der Waals surface area contributed by atoms with Gasteiger partial charge >= 0.3 is 5.97 Å². The van der Waals surface area contributed by atoms with Crippen LogP contribution in [0.5, 0.6) is 0 Å². The van der Waals surface area contributed by atoms with Gasteiger partial charge in [0.05, 0.1) is 22.6 Å². The van der Waals surface area contributed by atoms with Crippen LogP contribution in [0.15, 0.2) is 24.3 Å². The molecule has 0 radical (unpaired) electrons. The van der Waals surface area contributed by atoms with Crippen LogP contribution in [0.25, 0.3) is 0 Å². The Morgan fingerprint density at radius 3 is 2.12 bits per heavy atom. The fourth-order valence-electron chi connectivity index (χ4n) is 4.28. The van der Waals surface area contributed by atoms with Gasteiger partial charge < -0.3 is 9.64 Å². The van der Waals surface area contributed by atoms with Crippen molar-refractivity contribution < 1.29 is 32.3 Å². The average Bonchev–Trinajstić information content (AvgIpc) is 3.20. The number of carbonyl (C=O) groups is 4. The van der Waals surface area contributed by atoms with Crippen molar-refractivity contribution >= 4 is 33.5 Å². The van der Waals surface area contributed by atoms with Gasteiger partial charge in [-0.05, 0) is 38.3 Å². The Morgan fingerprint density at radius 1 is 1.12 bits per heavy atom. The van der Waals surface area contributed by atoms with E-state index in [-0.39, 0.29) is 29.2 Å². The number of hydrogen-bond donors (Lipinski definition) is 0. The smallest absolute Gasteiger partial charge is 0.330 e. The van der Waals surface area contributed by atoms with Crippen LogP contribution in [-0.4, -0.2) is 78.1 Å². The minimum Gasteiger partial charge on any atom is -0.451 e. The molecule has 0 unspecified atom stereocenters. The van der Waals surface area contributed by atoms with Crippen LogP contribution in [0.3, 0.4) is 0 Å². The lowest BCUT2D eigenvalue weighted by molar-refractivity contribution is -0.164. The summed E-state index contributed by atoms with van der Waals surface area (Å²) >= 11 is 0. The van der Waals surface area contributed by atoms with Crippen molar-refractivity contribution in [2.45, 2.75) is 52.3 Å². The number of hydrogen-bond acceptors (Lipinski definition) is 7. The maximum atomic E-state index is 13.0. The van der Waals surface area contributed by atoms with E-state index in [2.05, 4.69) is 0 Å². The van der Waals surface area contributed by atoms with Crippen molar-refractivity contribution in [1.29, 1.82) is 0 Å². The molecule has 0 aromatic heterocycles. The first-order valence-corrected chi connectivity index (χ1v) is 12.5. The van der Waals surface area contributed by atoms with E-state index in [0.717, 1.165) is 4.90 Å². The van der Waals surface area contributed by atoms with Crippen LogP contribution < -0.4 is 0 Å². The predicted octanol–water partition coefficient (Wildman–Crippen LogP) is 1.27. The number of carbonyl (C=O) groups excluding carboxylic acids is 4. The molecule has 3 rings (SSSR count). The van der Waals surface area contributed by atoms with E-state index in [1.54, 1.807) is 32.9 Å². The average molecular weight is 465 g/mol. The first-order valence-electron chi connectivity index (χ1n) is 10.7. The minimum absolute atomic E-state index is 0.0186. The SMILES string of the molecule is CCN(C(=O)[C@H](C)OC(=O)[C@@H](C(C)C)N1C(=O)c2ccccc2C1=O)[C@H]1CCS(=O)(=O)C1. The van der Waals surface area contributed by atoms with Crippen LogP contribution in [0.2, 0.25) is 0 Å². The second kappa shape index (κ2) is 9.01. The number of rotatable bonds is 7. The molecule has 1 saturated heterocycles. The third kappa shape index (κ3) is 4.41. The van der Waals surface area contributed by atoms with Gasteiger partial charge in [-0.25, -0.2) is 13.2 Å². The number of ether oxygens (including phenoxy) is 1. The fraction of sp³-hybridized carbons (Fsp3) is 0.545. The molecule has 9 nitrogen and oxygen atoms in total. The van der Waals surface area contributed by atoms with Crippen LogP contribution in [-0.2, 0) is 24.2 Å². The van der Waals surface area contributed by atoms with Crippen molar-refractivity contribution in [1.82, 2.24) is 9.80 Å². The highest BCUT2D eigenvalue weighted by Gasteiger charge is 2.45. The van der Waals surface area contributed by atoms with Gasteiger partial charge in [0.1, 0.15) is 6.04 Å². The van der Waals surface area contributed by atoms with E-state index < -0.39 is 57.6 Å². The molecule has 3 amide bonds. The summed E-state index contributed by atoms with van der Waals surface area (Å²) in [7, 11) is -3.19. The van der Waals surface area contributed by atoms with E-state index in [0.29, 0.717) is 6.42 Å². The maximum absolute atomic E-state index is 13.0. The van der Waals surface area contributed by atoms with Crippen LogP contribution in [0.4, 0.5) is 0 Å². The lowest BCUT2D eigenvalue weighted by Gasteiger charge is -2.31. The van der Waals surface area contributed by atoms with Gasteiger partial charge in [0, 0.05) is 12.6 Å². The zero-order chi connectivity index (χ0) is 23.8. The van der Waals surface area contributed by atoms with Gasteiger partial charge in [-0.3, -0.25) is 19.3 Å². The number of imide groups is 1. The topological polar surface area (TPSA) is 118 Å². The highest BCUT2D eigenvalue weighted by molar-refractivity contribution is 7.91. The summed E-state index contributed by atoms with van der Waals surface area (Å²) in [5.74, 6) is -3.06. The Bertz CT molecular complexity index is 1020. The molecule has 2 heterocycles. The number of nitrogens with zero attached hydrogens (tertiary/aromatic N) is 2. The van der Waals surface area contributed by atoms with Gasteiger partial charge in [-0.1, -0.05) is 26.0 Å². The van der Waals surface area contributed by atoms with Gasteiger partial charge in [-0.15, -0.1) is 0 Å². The summed E-state index contributed by atoms with van der Waals surface area (Å²) < 4.78 is 29.0. The largest absolute Gasteiger partial charge is 0.451 e. The molecule has 0 N–H and O–H groups in total. The first kappa shape index (κ1) is 23.9. The molecule has 1 aromatic carbocycles. The number of amides is 3. The third-order valence-electron chi connectivity index (χ3n) is 5.89. The Balaban J connectivity index is 1.76. The zero-order valence-corrected chi connectivity index (χ0v) is 19.4. The maximum Gasteiger partial charge on any atom is 0.330 e. The normalized spacial score (nSPS) is 21.4. The van der Waals surface area contributed by atoms with Gasteiger partial charge in [0.15, 0.2) is 15.9 Å². The molecule has 0 spiro atoms. The van der Waals surface area contributed by atoms with Crippen LogP contribution >= 0.6 is 0 Å². The quantitative estimate of drug-likeness (QED) is 0.440. The third-order valence-corrected chi connectivity index (χ3v) is 7.64. The minimum atomic E-state index is -3.19. The molecule has 0 aliphatic carbocycles. The number of fused-ring (bicyclic) bond motifs is 1. The monoisotopic (exact) mass is 464 g/mol. The summed E-state index contributed by atoms with van der Waals surface area (Å²) in [5.41, 5.74) is 0.444. The summed E-state index contributed by atoms with van der Waals surface area (Å²) in [6.07, 6.45) is -0.853. The molecule has 0 saturated carbocycles. The van der Waals surface area contributed by atoms with Gasteiger partial charge in [0.25, 0.3) is 17.7 Å². The highest BCUT2D eigenvalue weighted by atomic mass is 32.2. The lowest BCUT2D eigenvalue weighted by atomic mass is 10.0. The van der Waals surface area contributed by atoms with E-state index in [1.807, 2.05) is 0 Å². The lowest BCUT2D eigenvalue weighted by Crippen LogP contribution is -2.51. The first-order chi connectivity index (χ1) is 15.0. The predicted molar refractivity (Wildman–Crippen MR) is 116 cm³/mol. The van der Waals surface area contributed by atoms with Crippen molar-refractivity contribution in [3.8, 4) is 0 Å². The molecule has 3 atom stereocenters. The molecule has 2 aliphatic rings. The van der Waals surface area contributed by atoms with Crippen LogP contribution in [0, 0.1) is 5.92 Å². The molecular formula is C22H28N2O7S. The molecule has 1 fully saturated rings. The Morgan fingerprint density at radius 2 is 1.69 bits per heavy atom. The van der Waals surface area contributed by atoms with E-state index in [9.17, 15) is 27.6 Å². The highest BCUT2D eigenvalue weighted by Crippen LogP contribution is 2.28. The number of sulfone groups is 1. The fourth-order valence-corrected chi connectivity index (χ4v) is 6.01. The van der Waals surface area contributed by atoms with E-state index in [1.165, 1.54) is 24.0 Å².